The van der Waals surface area contributed by atoms with E-state index < -0.39 is 23.5 Å². The molecule has 2 aliphatic heterocycles. The SMILES string of the molecule is O=C1C(=O)N(CCCN2CCOCC2)[C@H](c2ccc(Br)cc2)C1=C(O)c1ccc(F)cc1. The maximum absolute atomic E-state index is 13.4. The maximum Gasteiger partial charge on any atom is 0.295 e. The lowest BCUT2D eigenvalue weighted by molar-refractivity contribution is -0.140. The van der Waals surface area contributed by atoms with Crippen molar-refractivity contribution >= 4 is 33.4 Å². The summed E-state index contributed by atoms with van der Waals surface area (Å²) >= 11 is 3.41. The zero-order valence-corrected chi connectivity index (χ0v) is 19.1. The van der Waals surface area contributed by atoms with Crippen molar-refractivity contribution < 1.29 is 23.8 Å². The fourth-order valence-corrected chi connectivity index (χ4v) is 4.42. The van der Waals surface area contributed by atoms with E-state index in [0.29, 0.717) is 31.7 Å². The molecule has 0 bridgehead atoms. The molecule has 6 nitrogen and oxygen atoms in total. The average Bonchev–Trinajstić information content (AvgIpc) is 3.05. The molecule has 0 saturated carbocycles. The number of rotatable bonds is 6. The molecule has 2 heterocycles. The van der Waals surface area contributed by atoms with Crippen LogP contribution in [0.2, 0.25) is 0 Å². The highest BCUT2D eigenvalue weighted by atomic mass is 79.9. The van der Waals surface area contributed by atoms with E-state index >= 15 is 0 Å². The second kappa shape index (κ2) is 9.94. The van der Waals surface area contributed by atoms with Crippen LogP contribution in [-0.2, 0) is 14.3 Å². The number of morpholine rings is 1. The topological polar surface area (TPSA) is 70.1 Å². The van der Waals surface area contributed by atoms with Gasteiger partial charge in [-0.1, -0.05) is 28.1 Å². The number of amides is 1. The minimum atomic E-state index is -0.730. The van der Waals surface area contributed by atoms with Crippen LogP contribution in [0.3, 0.4) is 0 Å². The van der Waals surface area contributed by atoms with E-state index in [1.165, 1.54) is 29.2 Å². The Morgan fingerprint density at radius 2 is 1.69 bits per heavy atom. The van der Waals surface area contributed by atoms with Gasteiger partial charge in [-0.3, -0.25) is 14.5 Å². The Kier molecular flexibility index (Phi) is 7.03. The van der Waals surface area contributed by atoms with Crippen LogP contribution in [0.15, 0.2) is 58.6 Å². The number of likely N-dealkylation sites (tertiary alicyclic amines) is 1. The number of hydrogen-bond acceptors (Lipinski definition) is 5. The third-order valence-electron chi connectivity index (χ3n) is 5.82. The predicted octanol–water partition coefficient (Wildman–Crippen LogP) is 3.73. The monoisotopic (exact) mass is 502 g/mol. The fourth-order valence-electron chi connectivity index (χ4n) is 4.15. The Morgan fingerprint density at radius 1 is 1.03 bits per heavy atom. The summed E-state index contributed by atoms with van der Waals surface area (Å²) in [7, 11) is 0. The number of benzene rings is 2. The van der Waals surface area contributed by atoms with Gasteiger partial charge in [-0.05, 0) is 48.4 Å². The molecule has 0 aromatic heterocycles. The summed E-state index contributed by atoms with van der Waals surface area (Å²) in [5, 5.41) is 11.0. The first kappa shape index (κ1) is 22.6. The van der Waals surface area contributed by atoms with Crippen molar-refractivity contribution in [2.24, 2.45) is 0 Å². The lowest BCUT2D eigenvalue weighted by atomic mass is 9.95. The van der Waals surface area contributed by atoms with Crippen LogP contribution >= 0.6 is 15.9 Å². The molecule has 2 aliphatic rings. The lowest BCUT2D eigenvalue weighted by Gasteiger charge is -2.29. The Bertz CT molecular complexity index is 1020. The summed E-state index contributed by atoms with van der Waals surface area (Å²) in [5.74, 6) is -2.11. The highest BCUT2D eigenvalue weighted by Crippen LogP contribution is 2.39. The van der Waals surface area contributed by atoms with Gasteiger partial charge in [0.25, 0.3) is 11.7 Å². The van der Waals surface area contributed by atoms with E-state index in [0.717, 1.165) is 29.7 Å². The molecule has 2 aromatic rings. The number of aliphatic hydroxyl groups is 1. The number of halogens is 2. The fraction of sp³-hybridized carbons (Fsp3) is 0.333. The van der Waals surface area contributed by atoms with E-state index in [9.17, 15) is 19.1 Å². The standard InChI is InChI=1S/C24H24BrFN2O4/c25-18-6-2-16(3-7-18)21-20(22(29)17-4-8-19(26)9-5-17)23(30)24(31)28(21)11-1-10-27-12-14-32-15-13-27/h2-9,21,29H,1,10-15H2/t21-/m1/s1. The van der Waals surface area contributed by atoms with Gasteiger partial charge in [0.15, 0.2) is 0 Å². The van der Waals surface area contributed by atoms with Crippen LogP contribution in [0.5, 0.6) is 0 Å². The van der Waals surface area contributed by atoms with E-state index in [1.807, 2.05) is 24.3 Å². The molecule has 8 heteroatoms. The first-order valence-electron chi connectivity index (χ1n) is 10.6. The van der Waals surface area contributed by atoms with Crippen molar-refractivity contribution in [3.63, 3.8) is 0 Å². The lowest BCUT2D eigenvalue weighted by Crippen LogP contribution is -2.38. The summed E-state index contributed by atoms with van der Waals surface area (Å²) in [4.78, 5) is 29.8. The van der Waals surface area contributed by atoms with Gasteiger partial charge in [-0.2, -0.15) is 0 Å². The molecule has 0 spiro atoms. The zero-order chi connectivity index (χ0) is 22.7. The van der Waals surface area contributed by atoms with Crippen LogP contribution in [0.1, 0.15) is 23.6 Å². The van der Waals surface area contributed by atoms with Gasteiger partial charge in [-0.25, -0.2) is 4.39 Å². The van der Waals surface area contributed by atoms with Gasteiger partial charge in [-0.15, -0.1) is 0 Å². The van der Waals surface area contributed by atoms with Crippen LogP contribution in [0, 0.1) is 5.82 Å². The molecular formula is C24H24BrFN2O4. The van der Waals surface area contributed by atoms with Crippen LogP contribution in [0.25, 0.3) is 5.76 Å². The number of aliphatic hydroxyl groups excluding tert-OH is 1. The second-order valence-electron chi connectivity index (χ2n) is 7.86. The molecule has 1 atom stereocenters. The molecule has 0 aliphatic carbocycles. The highest BCUT2D eigenvalue weighted by Gasteiger charge is 2.45. The van der Waals surface area contributed by atoms with Gasteiger partial charge in [0.1, 0.15) is 11.6 Å². The summed E-state index contributed by atoms with van der Waals surface area (Å²) < 4.78 is 19.6. The molecule has 2 saturated heterocycles. The molecule has 168 valence electrons. The van der Waals surface area contributed by atoms with Crippen molar-refractivity contribution in [3.8, 4) is 0 Å². The molecule has 4 rings (SSSR count). The quantitative estimate of drug-likeness (QED) is 0.370. The Balaban J connectivity index is 1.66. The van der Waals surface area contributed by atoms with Crippen molar-refractivity contribution in [1.82, 2.24) is 9.80 Å². The van der Waals surface area contributed by atoms with Gasteiger partial charge in [0.05, 0.1) is 24.8 Å². The van der Waals surface area contributed by atoms with Gasteiger partial charge >= 0.3 is 0 Å². The number of ether oxygens (including phenoxy) is 1. The van der Waals surface area contributed by atoms with Gasteiger partial charge in [0.2, 0.25) is 0 Å². The van der Waals surface area contributed by atoms with E-state index in [1.54, 1.807) is 0 Å². The molecule has 2 fully saturated rings. The molecular weight excluding hydrogens is 479 g/mol. The maximum atomic E-state index is 13.4. The van der Waals surface area contributed by atoms with E-state index in [2.05, 4.69) is 20.8 Å². The molecule has 2 aromatic carbocycles. The summed E-state index contributed by atoms with van der Waals surface area (Å²) in [5.41, 5.74) is 1.04. The normalized spacial score (nSPS) is 21.3. The summed E-state index contributed by atoms with van der Waals surface area (Å²) in [6.07, 6.45) is 0.691. The van der Waals surface area contributed by atoms with Crippen LogP contribution in [0.4, 0.5) is 4.39 Å². The highest BCUT2D eigenvalue weighted by molar-refractivity contribution is 9.10. The Hall–Kier alpha value is -2.55. The van der Waals surface area contributed by atoms with Crippen LogP contribution < -0.4 is 0 Å². The number of ketones is 1. The van der Waals surface area contributed by atoms with Crippen LogP contribution in [-0.4, -0.2) is 66.0 Å². The third-order valence-corrected chi connectivity index (χ3v) is 6.35. The molecule has 1 amide bonds. The average molecular weight is 503 g/mol. The molecule has 32 heavy (non-hydrogen) atoms. The second-order valence-corrected chi connectivity index (χ2v) is 8.77. The van der Waals surface area contributed by atoms with Crippen molar-refractivity contribution in [1.29, 1.82) is 0 Å². The summed E-state index contributed by atoms with van der Waals surface area (Å²) in [6, 6.07) is 11.8. The third kappa shape index (κ3) is 4.77. The molecule has 1 N–H and O–H groups in total. The predicted molar refractivity (Wildman–Crippen MR) is 121 cm³/mol. The molecule has 0 unspecified atom stereocenters. The minimum absolute atomic E-state index is 0.0234. The summed E-state index contributed by atoms with van der Waals surface area (Å²) in [6.45, 7) is 4.25. The minimum Gasteiger partial charge on any atom is -0.507 e. The molecule has 0 radical (unpaired) electrons. The number of Topliss-reactive ketones (excluding diaryl/α,β-unsaturated/α-hetero) is 1. The smallest absolute Gasteiger partial charge is 0.295 e. The largest absolute Gasteiger partial charge is 0.507 e. The van der Waals surface area contributed by atoms with Crippen molar-refractivity contribution in [2.45, 2.75) is 12.5 Å². The number of carbonyl (C=O) groups excluding carboxylic acids is 2. The number of carbonyl (C=O) groups is 2. The zero-order valence-electron chi connectivity index (χ0n) is 17.5. The Morgan fingerprint density at radius 3 is 2.34 bits per heavy atom. The number of hydrogen-bond donors (Lipinski definition) is 1. The van der Waals surface area contributed by atoms with E-state index in [4.69, 9.17) is 4.74 Å². The van der Waals surface area contributed by atoms with Gasteiger partial charge in [0, 0.05) is 36.2 Å². The van der Waals surface area contributed by atoms with Crippen molar-refractivity contribution in [3.05, 3.63) is 75.5 Å². The van der Waals surface area contributed by atoms with Crippen molar-refractivity contribution in [2.75, 3.05) is 39.4 Å². The first-order chi connectivity index (χ1) is 15.5. The van der Waals surface area contributed by atoms with Gasteiger partial charge < -0.3 is 14.7 Å². The van der Waals surface area contributed by atoms with E-state index in [-0.39, 0.29) is 11.3 Å². The first-order valence-corrected chi connectivity index (χ1v) is 11.3. The Labute approximate surface area is 194 Å². The number of nitrogens with zero attached hydrogens (tertiary/aromatic N) is 2.